The van der Waals surface area contributed by atoms with Crippen molar-refractivity contribution in [3.8, 4) is 0 Å². The predicted octanol–water partition coefficient (Wildman–Crippen LogP) is 2.66. The Morgan fingerprint density at radius 1 is 1.29 bits per heavy atom. The van der Waals surface area contributed by atoms with Gasteiger partial charge in [0.15, 0.2) is 11.5 Å². The van der Waals surface area contributed by atoms with Crippen molar-refractivity contribution in [1.82, 2.24) is 19.9 Å². The number of rotatable bonds is 7. The summed E-state index contributed by atoms with van der Waals surface area (Å²) in [6, 6.07) is 10.4. The highest BCUT2D eigenvalue weighted by Crippen LogP contribution is 2.34. The Labute approximate surface area is 186 Å². The highest BCUT2D eigenvalue weighted by molar-refractivity contribution is 7.98. The van der Waals surface area contributed by atoms with Crippen molar-refractivity contribution in [1.29, 1.82) is 0 Å². The SMILES string of the molecule is CSCCC(NC(=O)c1ccc2c(c1)CC(C)N2S(C)(=O)=O)c1nnc2ccccn12. The molecular weight excluding hydrogens is 434 g/mol. The van der Waals surface area contributed by atoms with E-state index in [2.05, 4.69) is 15.5 Å². The van der Waals surface area contributed by atoms with Gasteiger partial charge in [0.25, 0.3) is 5.91 Å². The molecule has 1 aliphatic rings. The fraction of sp³-hybridized carbons (Fsp3) is 0.381. The van der Waals surface area contributed by atoms with Gasteiger partial charge in [0, 0.05) is 17.8 Å². The van der Waals surface area contributed by atoms with Gasteiger partial charge in [-0.25, -0.2) is 8.42 Å². The first-order valence-electron chi connectivity index (χ1n) is 10.0. The van der Waals surface area contributed by atoms with E-state index in [9.17, 15) is 13.2 Å². The Hall–Kier alpha value is -2.59. The topological polar surface area (TPSA) is 96.7 Å². The zero-order valence-corrected chi connectivity index (χ0v) is 19.3. The lowest BCUT2D eigenvalue weighted by Crippen LogP contribution is -2.34. The van der Waals surface area contributed by atoms with Gasteiger partial charge >= 0.3 is 0 Å². The second-order valence-corrected chi connectivity index (χ2v) is 10.6. The van der Waals surface area contributed by atoms with Crippen LogP contribution in [0.1, 0.15) is 41.1 Å². The number of nitrogens with zero attached hydrogens (tertiary/aromatic N) is 4. The smallest absolute Gasteiger partial charge is 0.251 e. The van der Waals surface area contributed by atoms with Gasteiger partial charge in [0.2, 0.25) is 10.0 Å². The number of hydrogen-bond acceptors (Lipinski definition) is 6. The molecular formula is C21H25N5O3S2. The minimum atomic E-state index is -3.37. The summed E-state index contributed by atoms with van der Waals surface area (Å²) < 4.78 is 27.6. The van der Waals surface area contributed by atoms with Gasteiger partial charge in [0.1, 0.15) is 0 Å². The van der Waals surface area contributed by atoms with E-state index in [0.717, 1.165) is 17.0 Å². The molecule has 0 spiro atoms. The minimum Gasteiger partial charge on any atom is -0.342 e. The minimum absolute atomic E-state index is 0.167. The molecule has 31 heavy (non-hydrogen) atoms. The summed E-state index contributed by atoms with van der Waals surface area (Å²) in [5.41, 5.74) is 2.74. The second-order valence-electron chi connectivity index (χ2n) is 7.75. The first kappa shape index (κ1) is 21.6. The lowest BCUT2D eigenvalue weighted by atomic mass is 10.1. The van der Waals surface area contributed by atoms with Gasteiger partial charge < -0.3 is 5.32 Å². The zero-order valence-electron chi connectivity index (χ0n) is 17.6. The van der Waals surface area contributed by atoms with Crippen molar-refractivity contribution >= 4 is 39.0 Å². The summed E-state index contributed by atoms with van der Waals surface area (Å²) in [7, 11) is -3.37. The van der Waals surface area contributed by atoms with Crippen molar-refractivity contribution in [2.45, 2.75) is 31.8 Å². The average Bonchev–Trinajstić information content (AvgIpc) is 3.30. The van der Waals surface area contributed by atoms with Crippen LogP contribution in [0.5, 0.6) is 0 Å². The number of anilines is 1. The number of carbonyl (C=O) groups is 1. The summed E-state index contributed by atoms with van der Waals surface area (Å²) in [4.78, 5) is 13.1. The molecule has 1 aliphatic heterocycles. The maximum Gasteiger partial charge on any atom is 0.251 e. The normalized spacial score (nSPS) is 17.0. The van der Waals surface area contributed by atoms with Gasteiger partial charge in [-0.1, -0.05) is 6.07 Å². The third-order valence-corrected chi connectivity index (χ3v) is 7.33. The van der Waals surface area contributed by atoms with E-state index >= 15 is 0 Å². The lowest BCUT2D eigenvalue weighted by molar-refractivity contribution is 0.0933. The number of amides is 1. The fourth-order valence-corrected chi connectivity index (χ4v) is 5.83. The molecule has 0 radical (unpaired) electrons. The summed E-state index contributed by atoms with van der Waals surface area (Å²) in [5, 5.41) is 11.6. The largest absolute Gasteiger partial charge is 0.342 e. The third-order valence-electron chi connectivity index (χ3n) is 5.42. The van der Waals surface area contributed by atoms with Gasteiger partial charge in [-0.15, -0.1) is 10.2 Å². The van der Waals surface area contributed by atoms with Crippen LogP contribution >= 0.6 is 11.8 Å². The molecule has 10 heteroatoms. The standard InChI is InChI=1S/C21H25N5O3S2/c1-14-12-16-13-15(7-8-18(16)26(14)31(3,28)29)21(27)22-17(9-11-30-2)20-24-23-19-6-4-5-10-25(19)20/h4-8,10,13-14,17H,9,11-12H2,1-3H3,(H,22,27). The number of sulfonamides is 1. The number of thioether (sulfide) groups is 1. The van der Waals surface area contributed by atoms with E-state index in [4.69, 9.17) is 0 Å². The molecule has 0 bridgehead atoms. The van der Waals surface area contributed by atoms with Crippen LogP contribution in [-0.4, -0.2) is 53.2 Å². The first-order valence-corrected chi connectivity index (χ1v) is 13.3. The molecule has 8 nitrogen and oxygen atoms in total. The molecule has 0 aliphatic carbocycles. The van der Waals surface area contributed by atoms with Crippen LogP contribution in [0, 0.1) is 0 Å². The third kappa shape index (κ3) is 4.27. The molecule has 4 rings (SSSR count). The van der Waals surface area contributed by atoms with E-state index in [1.165, 1.54) is 10.6 Å². The molecule has 2 unspecified atom stereocenters. The lowest BCUT2D eigenvalue weighted by Gasteiger charge is -2.22. The number of benzene rings is 1. The second kappa shape index (κ2) is 8.51. The Kier molecular flexibility index (Phi) is 5.94. The van der Waals surface area contributed by atoms with Crippen molar-refractivity contribution in [3.05, 3.63) is 59.5 Å². The van der Waals surface area contributed by atoms with Crippen molar-refractivity contribution < 1.29 is 13.2 Å². The van der Waals surface area contributed by atoms with Crippen molar-refractivity contribution in [3.63, 3.8) is 0 Å². The molecule has 0 saturated heterocycles. The number of nitrogens with one attached hydrogen (secondary N) is 1. The fourth-order valence-electron chi connectivity index (χ4n) is 4.09. The van der Waals surface area contributed by atoms with Crippen LogP contribution in [0.25, 0.3) is 5.65 Å². The number of carbonyl (C=O) groups excluding carboxylic acids is 1. The zero-order chi connectivity index (χ0) is 22.2. The molecule has 3 aromatic rings. The number of aromatic nitrogens is 3. The molecule has 0 fully saturated rings. The van der Waals surface area contributed by atoms with Gasteiger partial charge in [0.05, 0.1) is 18.0 Å². The number of pyridine rings is 1. The van der Waals surface area contributed by atoms with Gasteiger partial charge in [-0.05, 0) is 67.7 Å². The van der Waals surface area contributed by atoms with E-state index in [0.29, 0.717) is 29.9 Å². The maximum absolute atomic E-state index is 13.1. The molecule has 2 aromatic heterocycles. The molecule has 0 saturated carbocycles. The van der Waals surface area contributed by atoms with Crippen LogP contribution in [0.4, 0.5) is 5.69 Å². The predicted molar refractivity (Wildman–Crippen MR) is 123 cm³/mol. The molecule has 1 amide bonds. The number of hydrogen-bond donors (Lipinski definition) is 1. The maximum atomic E-state index is 13.1. The molecule has 3 heterocycles. The molecule has 1 N–H and O–H groups in total. The molecule has 1 aromatic carbocycles. The van der Waals surface area contributed by atoms with E-state index in [1.54, 1.807) is 30.0 Å². The first-order chi connectivity index (χ1) is 14.8. The molecule has 164 valence electrons. The van der Waals surface area contributed by atoms with E-state index < -0.39 is 10.0 Å². The Morgan fingerprint density at radius 3 is 2.84 bits per heavy atom. The Bertz CT molecular complexity index is 1220. The van der Waals surface area contributed by atoms with Gasteiger partial charge in [-0.2, -0.15) is 11.8 Å². The quantitative estimate of drug-likeness (QED) is 0.584. The summed E-state index contributed by atoms with van der Waals surface area (Å²) >= 11 is 1.70. The summed E-state index contributed by atoms with van der Waals surface area (Å²) in [6.45, 7) is 1.87. The van der Waals surface area contributed by atoms with Crippen LogP contribution in [-0.2, 0) is 16.4 Å². The van der Waals surface area contributed by atoms with Gasteiger partial charge in [-0.3, -0.25) is 13.5 Å². The van der Waals surface area contributed by atoms with Crippen LogP contribution in [0.3, 0.4) is 0 Å². The van der Waals surface area contributed by atoms with Crippen molar-refractivity contribution in [2.75, 3.05) is 22.6 Å². The van der Waals surface area contributed by atoms with E-state index in [1.807, 2.05) is 42.0 Å². The highest BCUT2D eigenvalue weighted by Gasteiger charge is 2.33. The Morgan fingerprint density at radius 2 is 2.10 bits per heavy atom. The van der Waals surface area contributed by atoms with E-state index in [-0.39, 0.29) is 18.0 Å². The average molecular weight is 460 g/mol. The monoisotopic (exact) mass is 459 g/mol. The van der Waals surface area contributed by atoms with Crippen LogP contribution < -0.4 is 9.62 Å². The summed E-state index contributed by atoms with van der Waals surface area (Å²) in [5.74, 6) is 1.33. The Balaban J connectivity index is 1.61. The molecule has 2 atom stereocenters. The highest BCUT2D eigenvalue weighted by atomic mass is 32.2. The van der Waals surface area contributed by atoms with Crippen molar-refractivity contribution in [2.24, 2.45) is 0 Å². The summed E-state index contributed by atoms with van der Waals surface area (Å²) in [6.07, 6.45) is 6.41. The van der Waals surface area contributed by atoms with Crippen LogP contribution in [0.15, 0.2) is 42.6 Å². The van der Waals surface area contributed by atoms with Crippen LogP contribution in [0.2, 0.25) is 0 Å². The number of fused-ring (bicyclic) bond motifs is 2.